The molecule has 0 nitrogen and oxygen atoms in total. The normalized spacial score (nSPS) is 8.89. The van der Waals surface area contributed by atoms with E-state index < -0.39 is 0 Å². The Labute approximate surface area is 223 Å². The summed E-state index contributed by atoms with van der Waals surface area (Å²) >= 11 is 0. The predicted molar refractivity (Wildman–Crippen MR) is 169 cm³/mol. The Morgan fingerprint density at radius 3 is 0.528 bits per heavy atom. The summed E-state index contributed by atoms with van der Waals surface area (Å²) in [6, 6.07) is 41.3. The molecule has 0 aromatic heterocycles. The lowest BCUT2D eigenvalue weighted by Gasteiger charge is -1.92. The Hall–Kier alpha value is -3.64. The van der Waals surface area contributed by atoms with Gasteiger partial charge in [-0.2, -0.15) is 0 Å². The number of rotatable bonds is 4. The third kappa shape index (κ3) is 17.8. The second-order valence-corrected chi connectivity index (χ2v) is 6.31. The van der Waals surface area contributed by atoms with Crippen molar-refractivity contribution < 1.29 is 0 Å². The maximum atomic E-state index is 2.12. The first-order valence-corrected chi connectivity index (χ1v) is 13.5. The quantitative estimate of drug-likeness (QED) is 0.255. The molecule has 0 spiro atoms. The van der Waals surface area contributed by atoms with Crippen LogP contribution in [0.4, 0.5) is 0 Å². The molecule has 0 heterocycles. The fraction of sp³-hybridized carbons (Fsp3) is 0.222. The third-order valence-corrected chi connectivity index (χ3v) is 4.13. The smallest absolute Gasteiger partial charge is 0.0256 e. The lowest BCUT2D eigenvalue weighted by atomic mass is 10.1. The van der Waals surface area contributed by atoms with Gasteiger partial charge in [-0.3, -0.25) is 0 Å². The Bertz CT molecular complexity index is 799. The van der Waals surface area contributed by atoms with Crippen molar-refractivity contribution in [2.75, 3.05) is 0 Å². The summed E-state index contributed by atoms with van der Waals surface area (Å²) < 4.78 is 0. The SMILES string of the molecule is C(=C/c1ccccc1)/c1ccccc1.C(=C\c1ccccc1)/c1ccccc1.CC.CC.CC.CC. The summed E-state index contributed by atoms with van der Waals surface area (Å²) in [5.74, 6) is 0. The fourth-order valence-corrected chi connectivity index (χ4v) is 2.64. The standard InChI is InChI=1S/2C14H12.4C2H6/c2*1-3-7-13(8-4-1)11-12-14-9-5-2-6-10-14;4*1-2/h2*1-12H;4*1-2H3/b12-11+;12-11-;;;;. The molecule has 0 fully saturated rings. The van der Waals surface area contributed by atoms with Crippen molar-refractivity contribution >= 4 is 24.3 Å². The summed E-state index contributed by atoms with van der Waals surface area (Å²) in [5, 5.41) is 0. The Balaban J connectivity index is 0. The van der Waals surface area contributed by atoms with Crippen molar-refractivity contribution in [3.05, 3.63) is 144 Å². The minimum Gasteiger partial charge on any atom is -0.0683 e. The first-order chi connectivity index (χ1) is 17.9. The zero-order valence-corrected chi connectivity index (χ0v) is 23.9. The molecule has 0 aliphatic rings. The molecular formula is C36H48. The zero-order chi connectivity index (χ0) is 27.3. The predicted octanol–water partition coefficient (Wildman–Crippen LogP) is 11.8. The summed E-state index contributed by atoms with van der Waals surface area (Å²) in [4.78, 5) is 0. The molecular weight excluding hydrogens is 432 g/mol. The van der Waals surface area contributed by atoms with E-state index in [1.807, 2.05) is 128 Å². The van der Waals surface area contributed by atoms with Gasteiger partial charge in [0.05, 0.1) is 0 Å². The molecule has 0 amide bonds. The zero-order valence-electron chi connectivity index (χ0n) is 23.9. The van der Waals surface area contributed by atoms with Crippen LogP contribution in [-0.2, 0) is 0 Å². The molecule has 0 aliphatic heterocycles. The van der Waals surface area contributed by atoms with Gasteiger partial charge in [-0.25, -0.2) is 0 Å². The highest BCUT2D eigenvalue weighted by molar-refractivity contribution is 5.70. The average Bonchev–Trinajstić information content (AvgIpc) is 3.01. The number of hydrogen-bond acceptors (Lipinski definition) is 0. The van der Waals surface area contributed by atoms with Crippen LogP contribution in [0.25, 0.3) is 24.3 Å². The van der Waals surface area contributed by atoms with E-state index >= 15 is 0 Å². The lowest BCUT2D eigenvalue weighted by molar-refractivity contribution is 1.50. The first-order valence-electron chi connectivity index (χ1n) is 13.5. The molecule has 192 valence electrons. The van der Waals surface area contributed by atoms with E-state index in [0.29, 0.717) is 0 Å². The van der Waals surface area contributed by atoms with E-state index in [9.17, 15) is 0 Å². The minimum atomic E-state index is 1.23. The molecule has 0 N–H and O–H groups in total. The van der Waals surface area contributed by atoms with Crippen LogP contribution >= 0.6 is 0 Å². The lowest BCUT2D eigenvalue weighted by Crippen LogP contribution is -1.70. The van der Waals surface area contributed by atoms with E-state index in [2.05, 4.69) is 72.8 Å². The van der Waals surface area contributed by atoms with Crippen molar-refractivity contribution in [1.82, 2.24) is 0 Å². The molecule has 0 heteroatoms. The topological polar surface area (TPSA) is 0 Å². The molecule has 4 aromatic rings. The number of benzene rings is 4. The molecule has 0 radical (unpaired) electrons. The fourth-order valence-electron chi connectivity index (χ4n) is 2.64. The summed E-state index contributed by atoms with van der Waals surface area (Å²) in [7, 11) is 0. The number of hydrogen-bond donors (Lipinski definition) is 0. The molecule has 0 bridgehead atoms. The van der Waals surface area contributed by atoms with Crippen LogP contribution in [0, 0.1) is 0 Å². The van der Waals surface area contributed by atoms with Gasteiger partial charge < -0.3 is 0 Å². The van der Waals surface area contributed by atoms with Crippen molar-refractivity contribution in [3.8, 4) is 0 Å². The van der Waals surface area contributed by atoms with E-state index in [1.54, 1.807) is 0 Å². The molecule has 36 heavy (non-hydrogen) atoms. The van der Waals surface area contributed by atoms with Crippen LogP contribution < -0.4 is 0 Å². The minimum absolute atomic E-state index is 1.23. The van der Waals surface area contributed by atoms with Gasteiger partial charge in [0.15, 0.2) is 0 Å². The Morgan fingerprint density at radius 2 is 0.389 bits per heavy atom. The van der Waals surface area contributed by atoms with E-state index in [0.717, 1.165) is 0 Å². The highest BCUT2D eigenvalue weighted by atomic mass is 13.9. The van der Waals surface area contributed by atoms with Crippen LogP contribution in [0.1, 0.15) is 77.6 Å². The van der Waals surface area contributed by atoms with Crippen LogP contribution in [0.5, 0.6) is 0 Å². The van der Waals surface area contributed by atoms with Gasteiger partial charge >= 0.3 is 0 Å². The second-order valence-electron chi connectivity index (χ2n) is 6.31. The van der Waals surface area contributed by atoms with Gasteiger partial charge in [0.25, 0.3) is 0 Å². The molecule has 0 unspecified atom stereocenters. The van der Waals surface area contributed by atoms with Crippen molar-refractivity contribution in [3.63, 3.8) is 0 Å². The van der Waals surface area contributed by atoms with E-state index in [4.69, 9.17) is 0 Å². The van der Waals surface area contributed by atoms with Gasteiger partial charge in [-0.15, -0.1) is 0 Å². The molecule has 0 saturated heterocycles. The third-order valence-electron chi connectivity index (χ3n) is 4.13. The van der Waals surface area contributed by atoms with Gasteiger partial charge in [0, 0.05) is 0 Å². The summed E-state index contributed by atoms with van der Waals surface area (Å²) in [5.41, 5.74) is 4.93. The highest BCUT2D eigenvalue weighted by Crippen LogP contribution is 2.08. The van der Waals surface area contributed by atoms with Gasteiger partial charge in [-0.1, -0.05) is 201 Å². The van der Waals surface area contributed by atoms with Crippen LogP contribution in [0.2, 0.25) is 0 Å². The summed E-state index contributed by atoms with van der Waals surface area (Å²) in [6.45, 7) is 16.0. The maximum Gasteiger partial charge on any atom is -0.0256 e. The molecule has 0 saturated carbocycles. The monoisotopic (exact) mass is 480 g/mol. The largest absolute Gasteiger partial charge is 0.0683 e. The van der Waals surface area contributed by atoms with Gasteiger partial charge in [-0.05, 0) is 22.3 Å². The maximum absolute atomic E-state index is 2.12. The van der Waals surface area contributed by atoms with Crippen LogP contribution in [0.15, 0.2) is 121 Å². The molecule has 0 aliphatic carbocycles. The molecule has 4 aromatic carbocycles. The molecule has 4 rings (SSSR count). The van der Waals surface area contributed by atoms with Crippen LogP contribution in [-0.4, -0.2) is 0 Å². The van der Waals surface area contributed by atoms with Gasteiger partial charge in [0.1, 0.15) is 0 Å². The Kier molecular flexibility index (Phi) is 26.5. The van der Waals surface area contributed by atoms with E-state index in [-0.39, 0.29) is 0 Å². The van der Waals surface area contributed by atoms with E-state index in [1.165, 1.54) is 22.3 Å². The first kappa shape index (κ1) is 34.5. The molecule has 0 atom stereocenters. The Morgan fingerprint density at radius 1 is 0.250 bits per heavy atom. The highest BCUT2D eigenvalue weighted by Gasteiger charge is 1.85. The van der Waals surface area contributed by atoms with Crippen molar-refractivity contribution in [1.29, 1.82) is 0 Å². The van der Waals surface area contributed by atoms with Crippen molar-refractivity contribution in [2.24, 2.45) is 0 Å². The second kappa shape index (κ2) is 27.6. The average molecular weight is 481 g/mol. The van der Waals surface area contributed by atoms with Crippen LogP contribution in [0.3, 0.4) is 0 Å². The van der Waals surface area contributed by atoms with Crippen molar-refractivity contribution in [2.45, 2.75) is 55.4 Å². The van der Waals surface area contributed by atoms with Gasteiger partial charge in [0.2, 0.25) is 0 Å². The summed E-state index contributed by atoms with van der Waals surface area (Å²) in [6.07, 6.45) is 8.48.